The van der Waals surface area contributed by atoms with Crippen LogP contribution in [-0.4, -0.2) is 51.7 Å². The van der Waals surface area contributed by atoms with Crippen LogP contribution in [0.1, 0.15) is 10.5 Å². The lowest BCUT2D eigenvalue weighted by Gasteiger charge is -2.29. The van der Waals surface area contributed by atoms with Crippen molar-refractivity contribution in [3.05, 3.63) is 78.9 Å². The molecular formula is C26H23N7O. The number of carbonyl (C=O) groups is 1. The minimum atomic E-state index is -0.567. The lowest BCUT2D eigenvalue weighted by Crippen LogP contribution is -2.43. The van der Waals surface area contributed by atoms with Crippen LogP contribution in [0.4, 0.5) is 5.69 Å². The standard InChI is InChI=1S/C26H23N7O/c27-25(34)24-13-21(20-3-1-2-4-23(20)31-24)22-15-30-33-16-18(14-29-26(22)33)17-5-7-19(8-6-17)32-11-9-28-10-12-32/h1-8,13-16,28H,9-12H2,(H2,27,34). The molecule has 0 bridgehead atoms. The minimum absolute atomic E-state index is 0.217. The molecule has 0 unspecified atom stereocenters. The van der Waals surface area contributed by atoms with Gasteiger partial charge < -0.3 is 16.0 Å². The number of anilines is 1. The predicted molar refractivity (Wildman–Crippen MR) is 133 cm³/mol. The Kier molecular flexibility index (Phi) is 4.92. The molecule has 1 fully saturated rings. The minimum Gasteiger partial charge on any atom is -0.369 e. The van der Waals surface area contributed by atoms with Crippen LogP contribution < -0.4 is 16.0 Å². The number of rotatable bonds is 4. The summed E-state index contributed by atoms with van der Waals surface area (Å²) in [6, 6.07) is 18.0. The largest absolute Gasteiger partial charge is 0.369 e. The van der Waals surface area contributed by atoms with Gasteiger partial charge in [0.2, 0.25) is 0 Å². The maximum absolute atomic E-state index is 11.9. The number of carbonyl (C=O) groups excluding carboxylic acids is 1. The van der Waals surface area contributed by atoms with E-state index in [1.165, 1.54) is 5.69 Å². The van der Waals surface area contributed by atoms with Crippen molar-refractivity contribution in [3.63, 3.8) is 0 Å². The third-order valence-electron chi connectivity index (χ3n) is 6.30. The number of para-hydroxylation sites is 1. The van der Waals surface area contributed by atoms with Gasteiger partial charge in [-0.2, -0.15) is 5.10 Å². The number of pyridine rings is 1. The van der Waals surface area contributed by atoms with Crippen molar-refractivity contribution in [3.8, 4) is 22.3 Å². The highest BCUT2D eigenvalue weighted by Gasteiger charge is 2.16. The lowest BCUT2D eigenvalue weighted by molar-refractivity contribution is 0.0996. The fraction of sp³-hybridized carbons (Fsp3) is 0.154. The second-order valence-corrected chi connectivity index (χ2v) is 8.39. The average Bonchev–Trinajstić information content (AvgIpc) is 3.32. The number of amides is 1. The molecule has 34 heavy (non-hydrogen) atoms. The molecule has 168 valence electrons. The number of primary amides is 1. The van der Waals surface area contributed by atoms with E-state index >= 15 is 0 Å². The SMILES string of the molecule is NC(=O)c1cc(-c2cnn3cc(-c4ccc(N5CCNCC5)cc4)cnc23)c2ccccc2n1. The van der Waals surface area contributed by atoms with Crippen LogP contribution in [0, 0.1) is 0 Å². The molecule has 0 radical (unpaired) electrons. The Morgan fingerprint density at radius 2 is 1.74 bits per heavy atom. The number of hydrogen-bond acceptors (Lipinski definition) is 6. The molecule has 3 N–H and O–H groups in total. The molecule has 8 heteroatoms. The zero-order valence-corrected chi connectivity index (χ0v) is 18.5. The first kappa shape index (κ1) is 20.3. The smallest absolute Gasteiger partial charge is 0.267 e. The summed E-state index contributed by atoms with van der Waals surface area (Å²) in [5.74, 6) is -0.567. The van der Waals surface area contributed by atoms with Crippen molar-refractivity contribution in [2.45, 2.75) is 0 Å². The van der Waals surface area contributed by atoms with Gasteiger partial charge in [0.25, 0.3) is 5.91 Å². The van der Waals surface area contributed by atoms with E-state index in [-0.39, 0.29) is 5.69 Å². The number of nitrogens with zero attached hydrogens (tertiary/aromatic N) is 5. The Labute approximate surface area is 196 Å². The first-order chi connectivity index (χ1) is 16.7. The van der Waals surface area contributed by atoms with Gasteiger partial charge in [-0.15, -0.1) is 0 Å². The topological polar surface area (TPSA) is 101 Å². The summed E-state index contributed by atoms with van der Waals surface area (Å²) in [5.41, 5.74) is 12.1. The lowest BCUT2D eigenvalue weighted by atomic mass is 10.0. The monoisotopic (exact) mass is 449 g/mol. The van der Waals surface area contributed by atoms with Crippen LogP contribution in [-0.2, 0) is 0 Å². The number of aromatic nitrogens is 4. The normalized spacial score (nSPS) is 14.1. The van der Waals surface area contributed by atoms with Gasteiger partial charge in [0.05, 0.1) is 11.7 Å². The van der Waals surface area contributed by atoms with E-state index in [9.17, 15) is 4.79 Å². The highest BCUT2D eigenvalue weighted by atomic mass is 16.1. The summed E-state index contributed by atoms with van der Waals surface area (Å²) < 4.78 is 1.77. The van der Waals surface area contributed by atoms with E-state index in [4.69, 9.17) is 10.7 Å². The van der Waals surface area contributed by atoms with Crippen LogP contribution in [0.15, 0.2) is 73.2 Å². The van der Waals surface area contributed by atoms with E-state index in [1.807, 2.05) is 36.7 Å². The van der Waals surface area contributed by atoms with Gasteiger partial charge in [-0.3, -0.25) is 4.79 Å². The summed E-state index contributed by atoms with van der Waals surface area (Å²) in [6.45, 7) is 4.06. The number of benzene rings is 2. The van der Waals surface area contributed by atoms with Crippen LogP contribution in [0.3, 0.4) is 0 Å². The van der Waals surface area contributed by atoms with Crippen molar-refractivity contribution in [2.75, 3.05) is 31.1 Å². The second kappa shape index (κ2) is 8.24. The first-order valence-electron chi connectivity index (χ1n) is 11.3. The zero-order chi connectivity index (χ0) is 23.1. The maximum atomic E-state index is 11.9. The summed E-state index contributed by atoms with van der Waals surface area (Å²) >= 11 is 0. The molecule has 1 aliphatic rings. The summed E-state index contributed by atoms with van der Waals surface area (Å²) in [7, 11) is 0. The van der Waals surface area contributed by atoms with E-state index in [1.54, 1.807) is 16.8 Å². The van der Waals surface area contributed by atoms with Gasteiger partial charge in [0, 0.05) is 60.8 Å². The predicted octanol–water partition coefficient (Wildman–Crippen LogP) is 3.12. The number of hydrogen-bond donors (Lipinski definition) is 2. The van der Waals surface area contributed by atoms with Crippen molar-refractivity contribution in [1.82, 2.24) is 24.9 Å². The van der Waals surface area contributed by atoms with Gasteiger partial charge in [-0.05, 0) is 35.4 Å². The molecule has 1 amide bonds. The quantitative estimate of drug-likeness (QED) is 0.437. The molecule has 0 aliphatic carbocycles. The van der Waals surface area contributed by atoms with Gasteiger partial charge >= 0.3 is 0 Å². The molecule has 0 spiro atoms. The third-order valence-corrected chi connectivity index (χ3v) is 6.30. The van der Waals surface area contributed by atoms with Crippen LogP contribution in [0.2, 0.25) is 0 Å². The fourth-order valence-electron chi connectivity index (χ4n) is 4.53. The number of fused-ring (bicyclic) bond motifs is 2. The maximum Gasteiger partial charge on any atom is 0.267 e. The van der Waals surface area contributed by atoms with E-state index in [0.717, 1.165) is 53.8 Å². The van der Waals surface area contributed by atoms with Gasteiger partial charge in [-0.25, -0.2) is 14.5 Å². The van der Waals surface area contributed by atoms with E-state index in [0.29, 0.717) is 11.2 Å². The van der Waals surface area contributed by atoms with Gasteiger partial charge in [0.1, 0.15) is 5.69 Å². The van der Waals surface area contributed by atoms with Crippen molar-refractivity contribution < 1.29 is 4.79 Å². The molecule has 6 rings (SSSR count). The molecule has 0 atom stereocenters. The van der Waals surface area contributed by atoms with Crippen LogP contribution in [0.25, 0.3) is 38.8 Å². The Morgan fingerprint density at radius 1 is 0.941 bits per heavy atom. The molecule has 1 saturated heterocycles. The Hall–Kier alpha value is -4.30. The van der Waals surface area contributed by atoms with Crippen molar-refractivity contribution >= 4 is 28.1 Å². The second-order valence-electron chi connectivity index (χ2n) is 8.39. The van der Waals surface area contributed by atoms with Crippen molar-refractivity contribution in [2.24, 2.45) is 5.73 Å². The molecule has 1 aliphatic heterocycles. The summed E-state index contributed by atoms with van der Waals surface area (Å²) in [6.07, 6.45) is 5.61. The first-order valence-corrected chi connectivity index (χ1v) is 11.3. The Bertz CT molecular complexity index is 1520. The van der Waals surface area contributed by atoms with Crippen LogP contribution in [0.5, 0.6) is 0 Å². The molecular weight excluding hydrogens is 426 g/mol. The molecule has 4 heterocycles. The number of nitrogens with one attached hydrogen (secondary N) is 1. The highest BCUT2D eigenvalue weighted by Crippen LogP contribution is 2.32. The zero-order valence-electron chi connectivity index (χ0n) is 18.5. The summed E-state index contributed by atoms with van der Waals surface area (Å²) in [5, 5.41) is 8.85. The fourth-order valence-corrected chi connectivity index (χ4v) is 4.53. The van der Waals surface area contributed by atoms with Gasteiger partial charge in [-0.1, -0.05) is 30.3 Å². The molecule has 2 aromatic carbocycles. The van der Waals surface area contributed by atoms with E-state index in [2.05, 4.69) is 44.6 Å². The van der Waals surface area contributed by atoms with Gasteiger partial charge in [0.15, 0.2) is 5.65 Å². The van der Waals surface area contributed by atoms with Crippen molar-refractivity contribution in [1.29, 1.82) is 0 Å². The Balaban J connectivity index is 1.39. The highest BCUT2D eigenvalue weighted by molar-refractivity contribution is 6.02. The Morgan fingerprint density at radius 3 is 2.53 bits per heavy atom. The number of nitrogens with two attached hydrogens (primary N) is 1. The van der Waals surface area contributed by atoms with Crippen LogP contribution >= 0.6 is 0 Å². The third kappa shape index (κ3) is 3.54. The molecule has 0 saturated carbocycles. The van der Waals surface area contributed by atoms with E-state index < -0.39 is 5.91 Å². The molecule has 8 nitrogen and oxygen atoms in total. The average molecular weight is 450 g/mol. The number of piperazine rings is 1. The molecule has 5 aromatic rings. The summed E-state index contributed by atoms with van der Waals surface area (Å²) in [4.78, 5) is 23.4. The molecule has 3 aromatic heterocycles.